The van der Waals surface area contributed by atoms with Crippen molar-refractivity contribution < 1.29 is 4.79 Å². The molecule has 2 rings (SSSR count). The Balaban J connectivity index is 2.22. The molecule has 1 heterocycles. The molecule has 0 N–H and O–H groups in total. The van der Waals surface area contributed by atoms with Gasteiger partial charge in [-0.1, -0.05) is 35.3 Å². The number of aromatic nitrogens is 1. The van der Waals surface area contributed by atoms with Crippen LogP contribution in [0.5, 0.6) is 0 Å². The van der Waals surface area contributed by atoms with E-state index in [1.165, 1.54) is 0 Å². The Hall–Kier alpha value is -1.38. The van der Waals surface area contributed by atoms with E-state index in [9.17, 15) is 4.79 Å². The molecule has 0 saturated carbocycles. The predicted molar refractivity (Wildman–Crippen MR) is 68.7 cm³/mol. The van der Waals surface area contributed by atoms with E-state index in [-0.39, 0.29) is 12.2 Å². The first-order valence-corrected chi connectivity index (χ1v) is 5.80. The number of rotatable bonds is 3. The maximum absolute atomic E-state index is 11.9. The molecule has 0 saturated heterocycles. The summed E-state index contributed by atoms with van der Waals surface area (Å²) in [5, 5.41) is 0.898. The van der Waals surface area contributed by atoms with Gasteiger partial charge in [0, 0.05) is 24.4 Å². The number of nitrogens with zero attached hydrogens (tertiary/aromatic N) is 1. The van der Waals surface area contributed by atoms with Gasteiger partial charge in [0.25, 0.3) is 0 Å². The molecule has 0 radical (unpaired) electrons. The highest BCUT2D eigenvalue weighted by molar-refractivity contribution is 6.42. The molecule has 1 aromatic carbocycles. The van der Waals surface area contributed by atoms with Crippen LogP contribution in [-0.2, 0) is 6.42 Å². The Morgan fingerprint density at radius 3 is 2.71 bits per heavy atom. The van der Waals surface area contributed by atoms with Crippen LogP contribution in [0.2, 0.25) is 10.0 Å². The minimum Gasteiger partial charge on any atom is -0.294 e. The van der Waals surface area contributed by atoms with Crippen molar-refractivity contribution in [1.29, 1.82) is 0 Å². The zero-order valence-electron chi connectivity index (χ0n) is 8.86. The summed E-state index contributed by atoms with van der Waals surface area (Å²) in [6, 6.07) is 8.73. The van der Waals surface area contributed by atoms with E-state index in [4.69, 9.17) is 23.2 Å². The highest BCUT2D eigenvalue weighted by atomic mass is 35.5. The number of pyridine rings is 1. The monoisotopic (exact) mass is 265 g/mol. The lowest BCUT2D eigenvalue weighted by molar-refractivity contribution is 0.0992. The zero-order chi connectivity index (χ0) is 12.3. The van der Waals surface area contributed by atoms with Gasteiger partial charge in [0.15, 0.2) is 5.78 Å². The average Bonchev–Trinajstić information content (AvgIpc) is 2.36. The van der Waals surface area contributed by atoms with E-state index >= 15 is 0 Å². The third-order valence-electron chi connectivity index (χ3n) is 2.37. The SMILES string of the molecule is O=C(Cc1cccc(Cl)c1Cl)c1cccnc1. The smallest absolute Gasteiger partial charge is 0.168 e. The van der Waals surface area contributed by atoms with E-state index in [1.807, 2.05) is 0 Å². The van der Waals surface area contributed by atoms with Gasteiger partial charge in [-0.25, -0.2) is 0 Å². The number of ketones is 1. The summed E-state index contributed by atoms with van der Waals surface area (Å²) in [6.45, 7) is 0. The molecule has 17 heavy (non-hydrogen) atoms. The van der Waals surface area contributed by atoms with Crippen LogP contribution in [-0.4, -0.2) is 10.8 Å². The lowest BCUT2D eigenvalue weighted by atomic mass is 10.0. The highest BCUT2D eigenvalue weighted by Crippen LogP contribution is 2.26. The summed E-state index contributed by atoms with van der Waals surface area (Å²) in [6.07, 6.45) is 3.40. The first kappa shape index (κ1) is 12.1. The largest absolute Gasteiger partial charge is 0.294 e. The van der Waals surface area contributed by atoms with Crippen molar-refractivity contribution in [3.63, 3.8) is 0 Å². The van der Waals surface area contributed by atoms with Crippen molar-refractivity contribution in [2.75, 3.05) is 0 Å². The molecule has 0 bridgehead atoms. The molecule has 0 aliphatic carbocycles. The summed E-state index contributed by atoms with van der Waals surface area (Å²) in [7, 11) is 0. The second kappa shape index (κ2) is 5.30. The van der Waals surface area contributed by atoms with E-state index in [2.05, 4.69) is 4.98 Å². The van der Waals surface area contributed by atoms with Gasteiger partial charge in [-0.05, 0) is 23.8 Å². The van der Waals surface area contributed by atoms with Gasteiger partial charge in [-0.3, -0.25) is 9.78 Å². The van der Waals surface area contributed by atoms with Crippen molar-refractivity contribution in [1.82, 2.24) is 4.98 Å². The van der Waals surface area contributed by atoms with Gasteiger partial charge in [0.2, 0.25) is 0 Å². The molecule has 0 atom stereocenters. The van der Waals surface area contributed by atoms with Gasteiger partial charge < -0.3 is 0 Å². The zero-order valence-corrected chi connectivity index (χ0v) is 10.4. The van der Waals surface area contributed by atoms with Crippen LogP contribution in [0.4, 0.5) is 0 Å². The Bertz CT molecular complexity index is 540. The van der Waals surface area contributed by atoms with Crippen molar-refractivity contribution in [3.05, 3.63) is 63.9 Å². The summed E-state index contributed by atoms with van der Waals surface area (Å²) in [4.78, 5) is 15.8. The predicted octanol–water partition coefficient (Wildman–Crippen LogP) is 3.81. The first-order valence-electron chi connectivity index (χ1n) is 5.04. The van der Waals surface area contributed by atoms with Gasteiger partial charge in [-0.2, -0.15) is 0 Å². The Labute approximate surface area is 109 Å². The topological polar surface area (TPSA) is 30.0 Å². The molecule has 1 aromatic heterocycles. The molecule has 0 aliphatic rings. The number of Topliss-reactive ketones (excluding diaryl/α,β-unsaturated/α-hetero) is 1. The molecule has 0 spiro atoms. The van der Waals surface area contributed by atoms with Gasteiger partial charge in [0.1, 0.15) is 0 Å². The summed E-state index contributed by atoms with van der Waals surface area (Å²) in [5.74, 6) is -0.0257. The van der Waals surface area contributed by atoms with Gasteiger partial charge in [-0.15, -0.1) is 0 Å². The molecule has 2 aromatic rings. The normalized spacial score (nSPS) is 10.2. The summed E-state index contributed by atoms with van der Waals surface area (Å²) >= 11 is 11.9. The third kappa shape index (κ3) is 2.84. The molecular weight excluding hydrogens is 257 g/mol. The third-order valence-corrected chi connectivity index (χ3v) is 3.22. The van der Waals surface area contributed by atoms with Crippen molar-refractivity contribution >= 4 is 29.0 Å². The van der Waals surface area contributed by atoms with Crippen molar-refractivity contribution in [2.24, 2.45) is 0 Å². The van der Waals surface area contributed by atoms with Crippen LogP contribution < -0.4 is 0 Å². The number of benzene rings is 1. The first-order chi connectivity index (χ1) is 8.18. The van der Waals surface area contributed by atoms with Crippen molar-refractivity contribution in [3.8, 4) is 0 Å². The molecule has 0 amide bonds. The fraction of sp³-hybridized carbons (Fsp3) is 0.0769. The quantitative estimate of drug-likeness (QED) is 0.790. The molecule has 86 valence electrons. The Morgan fingerprint density at radius 2 is 2.00 bits per heavy atom. The second-order valence-corrected chi connectivity index (χ2v) is 4.34. The van der Waals surface area contributed by atoms with Crippen molar-refractivity contribution in [2.45, 2.75) is 6.42 Å². The summed E-state index contributed by atoms with van der Waals surface area (Å²) < 4.78 is 0. The van der Waals surface area contributed by atoms with E-state index in [1.54, 1.807) is 42.7 Å². The molecule has 2 nitrogen and oxygen atoms in total. The highest BCUT2D eigenvalue weighted by Gasteiger charge is 2.11. The number of hydrogen-bond donors (Lipinski definition) is 0. The molecular formula is C13H9Cl2NO. The van der Waals surface area contributed by atoms with Crippen LogP contribution in [0.1, 0.15) is 15.9 Å². The number of carbonyl (C=O) groups excluding carboxylic acids is 1. The maximum atomic E-state index is 11.9. The van der Waals surface area contributed by atoms with E-state index in [0.29, 0.717) is 15.6 Å². The standard InChI is InChI=1S/C13H9Cl2NO/c14-11-5-1-3-9(13(11)15)7-12(17)10-4-2-6-16-8-10/h1-6,8H,7H2. The van der Waals surface area contributed by atoms with Crippen LogP contribution in [0.15, 0.2) is 42.7 Å². The summed E-state index contributed by atoms with van der Waals surface area (Å²) in [5.41, 5.74) is 1.30. The minimum atomic E-state index is -0.0257. The molecule has 4 heteroatoms. The lowest BCUT2D eigenvalue weighted by Gasteiger charge is -2.04. The number of carbonyl (C=O) groups is 1. The van der Waals surface area contributed by atoms with Crippen LogP contribution in [0, 0.1) is 0 Å². The van der Waals surface area contributed by atoms with Gasteiger partial charge in [0.05, 0.1) is 10.0 Å². The fourth-order valence-electron chi connectivity index (χ4n) is 1.49. The maximum Gasteiger partial charge on any atom is 0.168 e. The lowest BCUT2D eigenvalue weighted by Crippen LogP contribution is -2.04. The Morgan fingerprint density at radius 1 is 1.18 bits per heavy atom. The second-order valence-electron chi connectivity index (χ2n) is 3.55. The molecule has 0 fully saturated rings. The number of halogens is 2. The number of hydrogen-bond acceptors (Lipinski definition) is 2. The van der Waals surface area contributed by atoms with E-state index in [0.717, 1.165) is 5.56 Å². The fourth-order valence-corrected chi connectivity index (χ4v) is 1.87. The van der Waals surface area contributed by atoms with E-state index < -0.39 is 0 Å². The molecule has 0 unspecified atom stereocenters. The van der Waals surface area contributed by atoms with Crippen LogP contribution >= 0.6 is 23.2 Å². The van der Waals surface area contributed by atoms with Gasteiger partial charge >= 0.3 is 0 Å². The average molecular weight is 266 g/mol. The Kier molecular flexibility index (Phi) is 3.77. The molecule has 0 aliphatic heterocycles. The van der Waals surface area contributed by atoms with Crippen LogP contribution in [0.25, 0.3) is 0 Å². The minimum absolute atomic E-state index is 0.0257. The van der Waals surface area contributed by atoms with Crippen LogP contribution in [0.3, 0.4) is 0 Å².